The molecule has 5 nitrogen and oxygen atoms in total. The highest BCUT2D eigenvalue weighted by molar-refractivity contribution is 6.30. The lowest BCUT2D eigenvalue weighted by Gasteiger charge is -2.19. The van der Waals surface area contributed by atoms with Crippen molar-refractivity contribution >= 4 is 34.8 Å². The van der Waals surface area contributed by atoms with Gasteiger partial charge in [-0.05, 0) is 48.4 Å². The summed E-state index contributed by atoms with van der Waals surface area (Å²) in [5.74, 6) is -0.0626. The van der Waals surface area contributed by atoms with E-state index in [0.717, 1.165) is 5.69 Å². The maximum Gasteiger partial charge on any atom is 0.255 e. The van der Waals surface area contributed by atoms with E-state index in [9.17, 15) is 9.59 Å². The highest BCUT2D eigenvalue weighted by Crippen LogP contribution is 2.23. The third-order valence-electron chi connectivity index (χ3n) is 3.76. The molecule has 2 amide bonds. The fourth-order valence-corrected chi connectivity index (χ4v) is 2.51. The molecule has 0 spiro atoms. The van der Waals surface area contributed by atoms with Crippen LogP contribution in [0.15, 0.2) is 42.5 Å². The van der Waals surface area contributed by atoms with E-state index in [1.54, 1.807) is 36.4 Å². The normalized spacial score (nSPS) is 10.5. The van der Waals surface area contributed by atoms with E-state index in [1.165, 1.54) is 0 Å². The van der Waals surface area contributed by atoms with E-state index in [2.05, 4.69) is 10.6 Å². The van der Waals surface area contributed by atoms with Gasteiger partial charge < -0.3 is 15.5 Å². The standard InChI is InChI=1S/C20H24ClN3O2/c1-13(2)12-22-20(26)17-11-16(9-10-18(17)24(3)4)23-19(25)14-5-7-15(21)8-6-14/h5-11,13H,12H2,1-4H3,(H,22,26)(H,23,25). The second-order valence-corrected chi connectivity index (χ2v) is 7.13. The monoisotopic (exact) mass is 373 g/mol. The average molecular weight is 374 g/mol. The van der Waals surface area contributed by atoms with Crippen LogP contribution in [-0.4, -0.2) is 32.5 Å². The molecule has 0 aromatic heterocycles. The molecule has 2 aromatic carbocycles. The summed E-state index contributed by atoms with van der Waals surface area (Å²) in [7, 11) is 3.75. The summed E-state index contributed by atoms with van der Waals surface area (Å²) < 4.78 is 0. The molecule has 0 aliphatic rings. The predicted molar refractivity (Wildman–Crippen MR) is 107 cm³/mol. The van der Waals surface area contributed by atoms with Gasteiger partial charge in [0.15, 0.2) is 0 Å². The van der Waals surface area contributed by atoms with Crippen LogP contribution in [0.3, 0.4) is 0 Å². The Labute approximate surface area is 159 Å². The molecular weight excluding hydrogens is 350 g/mol. The summed E-state index contributed by atoms with van der Waals surface area (Å²) in [5, 5.41) is 6.31. The molecule has 0 bridgehead atoms. The number of rotatable bonds is 6. The highest BCUT2D eigenvalue weighted by atomic mass is 35.5. The van der Waals surface area contributed by atoms with Gasteiger partial charge in [0.25, 0.3) is 11.8 Å². The number of amides is 2. The van der Waals surface area contributed by atoms with Crippen LogP contribution in [0.5, 0.6) is 0 Å². The molecule has 0 aliphatic carbocycles. The number of halogens is 1. The van der Waals surface area contributed by atoms with Crippen molar-refractivity contribution in [3.8, 4) is 0 Å². The van der Waals surface area contributed by atoms with Crippen molar-refractivity contribution in [2.75, 3.05) is 30.9 Å². The third kappa shape index (κ3) is 5.23. The second-order valence-electron chi connectivity index (χ2n) is 6.69. The van der Waals surface area contributed by atoms with E-state index in [0.29, 0.717) is 34.3 Å². The summed E-state index contributed by atoms with van der Waals surface area (Å²) in [6.07, 6.45) is 0. The summed E-state index contributed by atoms with van der Waals surface area (Å²) in [5.41, 5.74) is 2.36. The van der Waals surface area contributed by atoms with E-state index >= 15 is 0 Å². The van der Waals surface area contributed by atoms with Gasteiger partial charge in [0.05, 0.1) is 5.56 Å². The minimum atomic E-state index is -0.257. The minimum absolute atomic E-state index is 0.162. The quantitative estimate of drug-likeness (QED) is 0.803. The smallest absolute Gasteiger partial charge is 0.255 e. The Bertz CT molecular complexity index is 786. The maximum atomic E-state index is 12.6. The molecule has 138 valence electrons. The summed E-state index contributed by atoms with van der Waals surface area (Å²) in [4.78, 5) is 26.8. The Balaban J connectivity index is 2.24. The number of carbonyl (C=O) groups is 2. The lowest BCUT2D eigenvalue weighted by atomic mass is 10.1. The summed E-state index contributed by atoms with van der Waals surface area (Å²) in [6, 6.07) is 11.9. The van der Waals surface area contributed by atoms with Gasteiger partial charge in [-0.3, -0.25) is 9.59 Å². The van der Waals surface area contributed by atoms with E-state index in [-0.39, 0.29) is 11.8 Å². The molecule has 2 rings (SSSR count). The zero-order valence-corrected chi connectivity index (χ0v) is 16.2. The number of benzene rings is 2. The zero-order chi connectivity index (χ0) is 19.3. The van der Waals surface area contributed by atoms with Crippen LogP contribution < -0.4 is 15.5 Å². The van der Waals surface area contributed by atoms with E-state index in [1.807, 2.05) is 38.9 Å². The molecule has 0 atom stereocenters. The molecule has 0 heterocycles. The Morgan fingerprint density at radius 2 is 1.69 bits per heavy atom. The average Bonchev–Trinajstić information content (AvgIpc) is 2.59. The first kappa shape index (κ1) is 19.8. The first-order chi connectivity index (χ1) is 12.3. The number of anilines is 2. The van der Waals surface area contributed by atoms with Crippen LogP contribution >= 0.6 is 11.6 Å². The van der Waals surface area contributed by atoms with Gasteiger partial charge in [-0.25, -0.2) is 0 Å². The molecule has 6 heteroatoms. The van der Waals surface area contributed by atoms with Crippen molar-refractivity contribution < 1.29 is 9.59 Å². The van der Waals surface area contributed by atoms with Crippen LogP contribution in [0.1, 0.15) is 34.6 Å². The molecule has 2 aromatic rings. The van der Waals surface area contributed by atoms with Gasteiger partial charge in [-0.2, -0.15) is 0 Å². The van der Waals surface area contributed by atoms with Crippen LogP contribution in [0.25, 0.3) is 0 Å². The third-order valence-corrected chi connectivity index (χ3v) is 4.01. The Hall–Kier alpha value is -2.53. The summed E-state index contributed by atoms with van der Waals surface area (Å²) in [6.45, 7) is 4.67. The van der Waals surface area contributed by atoms with Gasteiger partial charge in [-0.1, -0.05) is 25.4 Å². The minimum Gasteiger partial charge on any atom is -0.377 e. The molecule has 0 saturated carbocycles. The Morgan fingerprint density at radius 3 is 2.27 bits per heavy atom. The number of nitrogens with one attached hydrogen (secondary N) is 2. The predicted octanol–water partition coefficient (Wildman–Crippen LogP) is 4.04. The van der Waals surface area contributed by atoms with Gasteiger partial charge in [0, 0.05) is 42.6 Å². The fourth-order valence-electron chi connectivity index (χ4n) is 2.38. The first-order valence-electron chi connectivity index (χ1n) is 8.44. The lowest BCUT2D eigenvalue weighted by molar-refractivity contribution is 0.0948. The van der Waals surface area contributed by atoms with Gasteiger partial charge in [0.2, 0.25) is 0 Å². The maximum absolute atomic E-state index is 12.6. The summed E-state index contributed by atoms with van der Waals surface area (Å²) >= 11 is 5.85. The first-order valence-corrected chi connectivity index (χ1v) is 8.82. The number of carbonyl (C=O) groups excluding carboxylic acids is 2. The molecule has 0 fully saturated rings. The van der Waals surface area contributed by atoms with Crippen molar-refractivity contribution in [1.29, 1.82) is 0 Å². The molecule has 26 heavy (non-hydrogen) atoms. The molecule has 0 aliphatic heterocycles. The van der Waals surface area contributed by atoms with Crippen LogP contribution in [0.4, 0.5) is 11.4 Å². The zero-order valence-electron chi connectivity index (χ0n) is 15.5. The largest absolute Gasteiger partial charge is 0.377 e. The Kier molecular flexibility index (Phi) is 6.64. The highest BCUT2D eigenvalue weighted by Gasteiger charge is 2.15. The molecule has 2 N–H and O–H groups in total. The fraction of sp³-hybridized carbons (Fsp3) is 0.300. The van der Waals surface area contributed by atoms with Crippen LogP contribution in [0.2, 0.25) is 5.02 Å². The topological polar surface area (TPSA) is 61.4 Å². The van der Waals surface area contributed by atoms with Crippen molar-refractivity contribution in [3.05, 3.63) is 58.6 Å². The SMILES string of the molecule is CC(C)CNC(=O)c1cc(NC(=O)c2ccc(Cl)cc2)ccc1N(C)C. The van der Waals surface area contributed by atoms with Gasteiger partial charge >= 0.3 is 0 Å². The van der Waals surface area contributed by atoms with Crippen LogP contribution in [-0.2, 0) is 0 Å². The second kappa shape index (κ2) is 8.72. The van der Waals surface area contributed by atoms with Crippen LogP contribution in [0, 0.1) is 5.92 Å². The van der Waals surface area contributed by atoms with Crippen molar-refractivity contribution in [1.82, 2.24) is 5.32 Å². The van der Waals surface area contributed by atoms with E-state index in [4.69, 9.17) is 11.6 Å². The van der Waals surface area contributed by atoms with Crippen molar-refractivity contribution in [3.63, 3.8) is 0 Å². The Morgan fingerprint density at radius 1 is 1.04 bits per heavy atom. The van der Waals surface area contributed by atoms with Crippen molar-refractivity contribution in [2.45, 2.75) is 13.8 Å². The number of hydrogen-bond donors (Lipinski definition) is 2. The molecule has 0 radical (unpaired) electrons. The molecule has 0 unspecified atom stereocenters. The van der Waals surface area contributed by atoms with Gasteiger partial charge in [-0.15, -0.1) is 0 Å². The van der Waals surface area contributed by atoms with E-state index < -0.39 is 0 Å². The number of nitrogens with zero attached hydrogens (tertiary/aromatic N) is 1. The lowest BCUT2D eigenvalue weighted by Crippen LogP contribution is -2.29. The number of hydrogen-bond acceptors (Lipinski definition) is 3. The molecular formula is C20H24ClN3O2. The van der Waals surface area contributed by atoms with Gasteiger partial charge in [0.1, 0.15) is 0 Å². The van der Waals surface area contributed by atoms with Crippen molar-refractivity contribution in [2.24, 2.45) is 5.92 Å². The molecule has 0 saturated heterocycles.